The molecule has 7 nitrogen and oxygen atoms in total. The minimum atomic E-state index is -3.60. The summed E-state index contributed by atoms with van der Waals surface area (Å²) in [7, 11) is -3.60. The number of nitrogens with one attached hydrogen (secondary N) is 1. The molecular weight excluding hydrogens is 320 g/mol. The zero-order valence-corrected chi connectivity index (χ0v) is 13.5. The van der Waals surface area contributed by atoms with Gasteiger partial charge in [0.25, 0.3) is 0 Å². The Hall–Kier alpha value is -1.93. The number of sulfonamides is 1. The highest BCUT2D eigenvalue weighted by Gasteiger charge is 2.33. The minimum absolute atomic E-state index is 0.0517. The number of carboxylic acids is 1. The molecule has 0 aromatic heterocycles. The second-order valence-electron chi connectivity index (χ2n) is 5.45. The van der Waals surface area contributed by atoms with E-state index in [2.05, 4.69) is 5.32 Å². The summed E-state index contributed by atoms with van der Waals surface area (Å²) in [5.74, 6) is -1.72. The molecule has 1 saturated heterocycles. The monoisotopic (exact) mass is 340 g/mol. The Kier molecular flexibility index (Phi) is 5.73. The SMILES string of the molecule is O=C(O)CCNC(=O)[C@@H]1CCCN(S(=O)(=O)c2ccccc2)C1. The Labute approximate surface area is 135 Å². The number of benzene rings is 1. The summed E-state index contributed by atoms with van der Waals surface area (Å²) in [4.78, 5) is 22.7. The fraction of sp³-hybridized carbons (Fsp3) is 0.467. The molecule has 1 heterocycles. The maximum Gasteiger partial charge on any atom is 0.305 e. The number of carbonyl (C=O) groups is 2. The molecule has 0 aliphatic carbocycles. The molecule has 1 atom stereocenters. The standard InChI is InChI=1S/C15H20N2O5S/c18-14(19)8-9-16-15(20)12-5-4-10-17(11-12)23(21,22)13-6-2-1-3-7-13/h1-3,6-7,12H,4-5,8-11H2,(H,16,20)(H,18,19)/t12-/m1/s1. The van der Waals surface area contributed by atoms with Gasteiger partial charge in [0.05, 0.1) is 17.2 Å². The zero-order valence-electron chi connectivity index (χ0n) is 12.6. The average molecular weight is 340 g/mol. The van der Waals surface area contributed by atoms with Crippen LogP contribution < -0.4 is 5.32 Å². The van der Waals surface area contributed by atoms with E-state index in [0.29, 0.717) is 19.4 Å². The van der Waals surface area contributed by atoms with E-state index >= 15 is 0 Å². The van der Waals surface area contributed by atoms with E-state index in [4.69, 9.17) is 5.11 Å². The average Bonchev–Trinajstić information content (AvgIpc) is 2.55. The van der Waals surface area contributed by atoms with Crippen LogP contribution in [-0.4, -0.2) is 49.3 Å². The van der Waals surface area contributed by atoms with Crippen molar-refractivity contribution in [1.82, 2.24) is 9.62 Å². The smallest absolute Gasteiger partial charge is 0.305 e. The van der Waals surface area contributed by atoms with Crippen molar-refractivity contribution in [3.8, 4) is 0 Å². The summed E-state index contributed by atoms with van der Waals surface area (Å²) in [6.07, 6.45) is 1.05. The number of amides is 1. The van der Waals surface area contributed by atoms with Crippen molar-refractivity contribution >= 4 is 21.9 Å². The highest BCUT2D eigenvalue weighted by Crippen LogP contribution is 2.23. The van der Waals surface area contributed by atoms with Crippen LogP contribution in [0.3, 0.4) is 0 Å². The van der Waals surface area contributed by atoms with E-state index < -0.39 is 21.9 Å². The van der Waals surface area contributed by atoms with Crippen LogP contribution in [0.2, 0.25) is 0 Å². The van der Waals surface area contributed by atoms with Crippen molar-refractivity contribution in [3.05, 3.63) is 30.3 Å². The fourth-order valence-electron chi connectivity index (χ4n) is 2.55. The van der Waals surface area contributed by atoms with Crippen molar-refractivity contribution in [2.24, 2.45) is 5.92 Å². The number of rotatable bonds is 6. The van der Waals surface area contributed by atoms with Crippen molar-refractivity contribution in [1.29, 1.82) is 0 Å². The molecule has 8 heteroatoms. The molecule has 126 valence electrons. The summed E-state index contributed by atoms with van der Waals surface area (Å²) in [6, 6.07) is 8.13. The number of nitrogens with zero attached hydrogens (tertiary/aromatic N) is 1. The van der Waals surface area contributed by atoms with Crippen molar-refractivity contribution in [2.45, 2.75) is 24.2 Å². The molecule has 23 heavy (non-hydrogen) atoms. The molecule has 1 aromatic rings. The Morgan fingerprint density at radius 3 is 2.61 bits per heavy atom. The first-order valence-corrected chi connectivity index (χ1v) is 8.90. The number of hydrogen-bond acceptors (Lipinski definition) is 4. The van der Waals surface area contributed by atoms with Gasteiger partial charge in [-0.05, 0) is 25.0 Å². The van der Waals surface area contributed by atoms with E-state index in [0.717, 1.165) is 0 Å². The molecule has 0 saturated carbocycles. The van der Waals surface area contributed by atoms with Crippen LogP contribution in [0, 0.1) is 5.92 Å². The lowest BCUT2D eigenvalue weighted by molar-refractivity contribution is -0.137. The second kappa shape index (κ2) is 7.56. The molecule has 0 bridgehead atoms. The van der Waals surface area contributed by atoms with Crippen LogP contribution in [0.5, 0.6) is 0 Å². The van der Waals surface area contributed by atoms with Gasteiger partial charge in [-0.3, -0.25) is 9.59 Å². The number of carboxylic acid groups (broad SMARTS) is 1. The summed E-state index contributed by atoms with van der Waals surface area (Å²) in [6.45, 7) is 0.558. The van der Waals surface area contributed by atoms with Gasteiger partial charge >= 0.3 is 5.97 Å². The number of piperidine rings is 1. The molecule has 0 unspecified atom stereocenters. The first-order valence-electron chi connectivity index (χ1n) is 7.46. The van der Waals surface area contributed by atoms with Crippen LogP contribution in [0.1, 0.15) is 19.3 Å². The van der Waals surface area contributed by atoms with Gasteiger partial charge in [-0.2, -0.15) is 4.31 Å². The highest BCUT2D eigenvalue weighted by atomic mass is 32.2. The van der Waals surface area contributed by atoms with E-state index in [1.807, 2.05) is 0 Å². The third-order valence-electron chi connectivity index (χ3n) is 3.77. The lowest BCUT2D eigenvalue weighted by Crippen LogP contribution is -2.45. The predicted octanol–water partition coefficient (Wildman–Crippen LogP) is 0.678. The first kappa shape index (κ1) is 17.4. The fourth-order valence-corrected chi connectivity index (χ4v) is 4.10. The third kappa shape index (κ3) is 4.52. The second-order valence-corrected chi connectivity index (χ2v) is 7.39. The molecule has 2 rings (SSSR count). The van der Waals surface area contributed by atoms with Crippen molar-refractivity contribution in [2.75, 3.05) is 19.6 Å². The van der Waals surface area contributed by atoms with Crippen LogP contribution in [-0.2, 0) is 19.6 Å². The van der Waals surface area contributed by atoms with Gasteiger partial charge in [0.15, 0.2) is 0 Å². The molecule has 0 spiro atoms. The van der Waals surface area contributed by atoms with Gasteiger partial charge < -0.3 is 10.4 Å². The molecule has 1 aromatic carbocycles. The Morgan fingerprint density at radius 2 is 1.96 bits per heavy atom. The van der Waals surface area contributed by atoms with Gasteiger partial charge in [-0.15, -0.1) is 0 Å². The van der Waals surface area contributed by atoms with Crippen molar-refractivity contribution < 1.29 is 23.1 Å². The maximum absolute atomic E-state index is 12.6. The maximum atomic E-state index is 12.6. The normalized spacial score (nSPS) is 19.2. The van der Waals surface area contributed by atoms with Gasteiger partial charge in [0.2, 0.25) is 15.9 Å². The van der Waals surface area contributed by atoms with Crippen LogP contribution >= 0.6 is 0 Å². The van der Waals surface area contributed by atoms with Gasteiger partial charge in [-0.25, -0.2) is 8.42 Å². The lowest BCUT2D eigenvalue weighted by atomic mass is 9.99. The largest absolute Gasteiger partial charge is 0.481 e. The summed E-state index contributed by atoms with van der Waals surface area (Å²) in [5, 5.41) is 11.1. The molecular formula is C15H20N2O5S. The van der Waals surface area contributed by atoms with E-state index in [-0.39, 0.29) is 30.3 Å². The number of aliphatic carboxylic acids is 1. The van der Waals surface area contributed by atoms with E-state index in [9.17, 15) is 18.0 Å². The molecule has 1 amide bonds. The number of hydrogen-bond donors (Lipinski definition) is 2. The van der Waals surface area contributed by atoms with Crippen LogP contribution in [0.15, 0.2) is 35.2 Å². The van der Waals surface area contributed by atoms with Crippen LogP contribution in [0.25, 0.3) is 0 Å². The molecule has 1 aliphatic rings. The Balaban J connectivity index is 2.00. The molecule has 0 radical (unpaired) electrons. The minimum Gasteiger partial charge on any atom is -0.481 e. The predicted molar refractivity (Wildman–Crippen MR) is 83.2 cm³/mol. The first-order chi connectivity index (χ1) is 10.9. The topological polar surface area (TPSA) is 104 Å². The Morgan fingerprint density at radius 1 is 1.26 bits per heavy atom. The Bertz CT molecular complexity index is 660. The summed E-state index contributed by atoms with van der Waals surface area (Å²) < 4.78 is 26.5. The summed E-state index contributed by atoms with van der Waals surface area (Å²) >= 11 is 0. The van der Waals surface area contributed by atoms with E-state index in [1.165, 1.54) is 16.4 Å². The van der Waals surface area contributed by atoms with Gasteiger partial charge in [-0.1, -0.05) is 18.2 Å². The molecule has 1 fully saturated rings. The molecule has 1 aliphatic heterocycles. The lowest BCUT2D eigenvalue weighted by Gasteiger charge is -2.31. The zero-order chi connectivity index (χ0) is 16.9. The molecule has 2 N–H and O–H groups in total. The number of carbonyl (C=O) groups excluding carboxylic acids is 1. The summed E-state index contributed by atoms with van der Waals surface area (Å²) in [5.41, 5.74) is 0. The van der Waals surface area contributed by atoms with Gasteiger partial charge in [0.1, 0.15) is 0 Å². The third-order valence-corrected chi connectivity index (χ3v) is 5.65. The highest BCUT2D eigenvalue weighted by molar-refractivity contribution is 7.89. The van der Waals surface area contributed by atoms with Crippen molar-refractivity contribution in [3.63, 3.8) is 0 Å². The quantitative estimate of drug-likeness (QED) is 0.792. The van der Waals surface area contributed by atoms with Gasteiger partial charge in [0, 0.05) is 19.6 Å². The van der Waals surface area contributed by atoms with E-state index in [1.54, 1.807) is 18.2 Å². The van der Waals surface area contributed by atoms with Crippen LogP contribution in [0.4, 0.5) is 0 Å².